The number of para-hydroxylation sites is 1. The molecule has 2 aromatic rings. The average Bonchev–Trinajstić information content (AvgIpc) is 2.68. The summed E-state index contributed by atoms with van der Waals surface area (Å²) in [6.07, 6.45) is 0. The first-order valence-corrected chi connectivity index (χ1v) is 9.04. The predicted octanol–water partition coefficient (Wildman–Crippen LogP) is 3.34. The number of rotatable bonds is 4. The fourth-order valence-electron chi connectivity index (χ4n) is 3.01. The zero-order valence-corrected chi connectivity index (χ0v) is 15.4. The maximum atomic E-state index is 12.8. The van der Waals surface area contributed by atoms with Gasteiger partial charge in [-0.1, -0.05) is 29.8 Å². The Labute approximate surface area is 158 Å². The summed E-state index contributed by atoms with van der Waals surface area (Å²) in [6, 6.07) is 14.2. The van der Waals surface area contributed by atoms with Crippen molar-refractivity contribution in [3.63, 3.8) is 0 Å². The summed E-state index contributed by atoms with van der Waals surface area (Å²) in [7, 11) is 0. The molecule has 1 fully saturated rings. The SMILES string of the molecule is CCOc1ccccc1C(=O)N1CCN(C(=O)c2cccc(Cl)c2)CC1. The van der Waals surface area contributed by atoms with E-state index in [2.05, 4.69) is 0 Å². The molecule has 136 valence electrons. The van der Waals surface area contributed by atoms with Crippen LogP contribution in [0.15, 0.2) is 48.5 Å². The Kier molecular flexibility index (Phi) is 5.78. The number of piperazine rings is 1. The number of amides is 2. The van der Waals surface area contributed by atoms with E-state index in [0.29, 0.717) is 54.7 Å². The van der Waals surface area contributed by atoms with Crippen LogP contribution in [0, 0.1) is 0 Å². The van der Waals surface area contributed by atoms with Crippen molar-refractivity contribution in [2.75, 3.05) is 32.8 Å². The van der Waals surface area contributed by atoms with Gasteiger partial charge in [-0.15, -0.1) is 0 Å². The molecule has 26 heavy (non-hydrogen) atoms. The summed E-state index contributed by atoms with van der Waals surface area (Å²) in [5, 5.41) is 0.539. The molecule has 0 N–H and O–H groups in total. The van der Waals surface area contributed by atoms with E-state index in [-0.39, 0.29) is 11.8 Å². The molecule has 0 unspecified atom stereocenters. The molecule has 6 heteroatoms. The number of hydrogen-bond donors (Lipinski definition) is 0. The minimum absolute atomic E-state index is 0.0608. The molecule has 0 bridgehead atoms. The fraction of sp³-hybridized carbons (Fsp3) is 0.300. The minimum atomic E-state index is -0.0658. The molecule has 0 saturated carbocycles. The van der Waals surface area contributed by atoms with E-state index in [4.69, 9.17) is 16.3 Å². The van der Waals surface area contributed by atoms with E-state index in [1.165, 1.54) is 0 Å². The number of ether oxygens (including phenoxy) is 1. The molecule has 2 amide bonds. The summed E-state index contributed by atoms with van der Waals surface area (Å²) in [5.41, 5.74) is 1.13. The Bertz CT molecular complexity index is 801. The van der Waals surface area contributed by atoms with Crippen LogP contribution in [0.3, 0.4) is 0 Å². The summed E-state index contributed by atoms with van der Waals surface area (Å²) < 4.78 is 5.55. The highest BCUT2D eigenvalue weighted by atomic mass is 35.5. The lowest BCUT2D eigenvalue weighted by Crippen LogP contribution is -2.50. The van der Waals surface area contributed by atoms with Gasteiger partial charge in [-0.25, -0.2) is 0 Å². The third-order valence-electron chi connectivity index (χ3n) is 4.34. The number of halogens is 1. The van der Waals surface area contributed by atoms with Gasteiger partial charge in [0.15, 0.2) is 0 Å². The summed E-state index contributed by atoms with van der Waals surface area (Å²) in [5.74, 6) is 0.468. The second kappa shape index (κ2) is 8.23. The van der Waals surface area contributed by atoms with Gasteiger partial charge in [0.25, 0.3) is 11.8 Å². The van der Waals surface area contributed by atoms with Crippen molar-refractivity contribution in [1.82, 2.24) is 9.80 Å². The molecule has 5 nitrogen and oxygen atoms in total. The largest absolute Gasteiger partial charge is 0.493 e. The van der Waals surface area contributed by atoms with E-state index in [0.717, 1.165) is 0 Å². The molecule has 1 aliphatic heterocycles. The molecule has 0 radical (unpaired) electrons. The molecule has 0 aromatic heterocycles. The number of hydrogen-bond acceptors (Lipinski definition) is 3. The first-order valence-electron chi connectivity index (χ1n) is 8.66. The fourth-order valence-corrected chi connectivity index (χ4v) is 3.20. The molecule has 0 atom stereocenters. The van der Waals surface area contributed by atoms with Crippen LogP contribution < -0.4 is 4.74 Å². The first-order chi connectivity index (χ1) is 12.6. The van der Waals surface area contributed by atoms with Gasteiger partial charge in [-0.05, 0) is 37.3 Å². The van der Waals surface area contributed by atoms with Gasteiger partial charge >= 0.3 is 0 Å². The van der Waals surface area contributed by atoms with Crippen molar-refractivity contribution < 1.29 is 14.3 Å². The monoisotopic (exact) mass is 372 g/mol. The van der Waals surface area contributed by atoms with Crippen molar-refractivity contribution in [2.24, 2.45) is 0 Å². The van der Waals surface area contributed by atoms with E-state index < -0.39 is 0 Å². The van der Waals surface area contributed by atoms with Crippen LogP contribution in [0.4, 0.5) is 0 Å². The molecule has 0 aliphatic carbocycles. The van der Waals surface area contributed by atoms with Crippen molar-refractivity contribution in [3.8, 4) is 5.75 Å². The summed E-state index contributed by atoms with van der Waals surface area (Å²) in [6.45, 7) is 4.37. The lowest BCUT2D eigenvalue weighted by molar-refractivity contribution is 0.0533. The Balaban J connectivity index is 1.65. The number of nitrogens with zero attached hydrogens (tertiary/aromatic N) is 2. The highest BCUT2D eigenvalue weighted by Gasteiger charge is 2.26. The first kappa shape index (κ1) is 18.3. The van der Waals surface area contributed by atoms with Crippen LogP contribution in [0.5, 0.6) is 5.75 Å². The van der Waals surface area contributed by atoms with Crippen LogP contribution >= 0.6 is 11.6 Å². The van der Waals surface area contributed by atoms with E-state index in [1.54, 1.807) is 46.2 Å². The van der Waals surface area contributed by atoms with Crippen LogP contribution in [-0.2, 0) is 0 Å². The highest BCUT2D eigenvalue weighted by Crippen LogP contribution is 2.21. The number of carbonyl (C=O) groups excluding carboxylic acids is 2. The van der Waals surface area contributed by atoms with E-state index >= 15 is 0 Å². The Morgan fingerprint density at radius 1 is 0.962 bits per heavy atom. The van der Waals surface area contributed by atoms with Crippen LogP contribution in [0.25, 0.3) is 0 Å². The van der Waals surface area contributed by atoms with Gasteiger partial charge in [0.1, 0.15) is 5.75 Å². The van der Waals surface area contributed by atoms with Gasteiger partial charge in [0.2, 0.25) is 0 Å². The molecule has 1 heterocycles. The zero-order valence-electron chi connectivity index (χ0n) is 14.7. The quantitative estimate of drug-likeness (QED) is 0.827. The van der Waals surface area contributed by atoms with Gasteiger partial charge in [-0.2, -0.15) is 0 Å². The Morgan fingerprint density at radius 2 is 1.62 bits per heavy atom. The molecule has 3 rings (SSSR count). The lowest BCUT2D eigenvalue weighted by atomic mass is 10.1. The van der Waals surface area contributed by atoms with E-state index in [9.17, 15) is 9.59 Å². The zero-order chi connectivity index (χ0) is 18.5. The smallest absolute Gasteiger partial charge is 0.257 e. The summed E-state index contributed by atoms with van der Waals surface area (Å²) >= 11 is 5.97. The third kappa shape index (κ3) is 3.99. The van der Waals surface area contributed by atoms with Crippen LogP contribution in [0.1, 0.15) is 27.6 Å². The van der Waals surface area contributed by atoms with Gasteiger partial charge < -0.3 is 14.5 Å². The molecular formula is C20H21ClN2O3. The normalized spacial score (nSPS) is 14.2. The average molecular weight is 373 g/mol. The molecule has 1 saturated heterocycles. The Hall–Kier alpha value is -2.53. The van der Waals surface area contributed by atoms with Crippen molar-refractivity contribution in [2.45, 2.75) is 6.92 Å². The standard InChI is InChI=1S/C20H21ClN2O3/c1-2-26-18-9-4-3-8-17(18)20(25)23-12-10-22(11-13-23)19(24)15-6-5-7-16(21)14-15/h3-9,14H,2,10-13H2,1H3. The van der Waals surface area contributed by atoms with Crippen molar-refractivity contribution in [1.29, 1.82) is 0 Å². The van der Waals surface area contributed by atoms with Crippen molar-refractivity contribution in [3.05, 3.63) is 64.7 Å². The lowest BCUT2D eigenvalue weighted by Gasteiger charge is -2.35. The molecule has 2 aromatic carbocycles. The number of benzene rings is 2. The molecular weight excluding hydrogens is 352 g/mol. The topological polar surface area (TPSA) is 49.9 Å². The van der Waals surface area contributed by atoms with Crippen LogP contribution in [0.2, 0.25) is 5.02 Å². The minimum Gasteiger partial charge on any atom is -0.493 e. The number of carbonyl (C=O) groups is 2. The van der Waals surface area contributed by atoms with E-state index in [1.807, 2.05) is 19.1 Å². The van der Waals surface area contributed by atoms with Crippen LogP contribution in [-0.4, -0.2) is 54.4 Å². The second-order valence-electron chi connectivity index (χ2n) is 6.02. The predicted molar refractivity (Wildman–Crippen MR) is 101 cm³/mol. The molecule has 1 aliphatic rings. The van der Waals surface area contributed by atoms with Crippen molar-refractivity contribution >= 4 is 23.4 Å². The van der Waals surface area contributed by atoms with Gasteiger partial charge in [-0.3, -0.25) is 9.59 Å². The summed E-state index contributed by atoms with van der Waals surface area (Å²) in [4.78, 5) is 28.9. The Morgan fingerprint density at radius 3 is 2.27 bits per heavy atom. The van der Waals surface area contributed by atoms with Gasteiger partial charge in [0.05, 0.1) is 12.2 Å². The maximum Gasteiger partial charge on any atom is 0.257 e. The molecule has 0 spiro atoms. The van der Waals surface area contributed by atoms with Gasteiger partial charge in [0, 0.05) is 36.8 Å². The third-order valence-corrected chi connectivity index (χ3v) is 4.58. The second-order valence-corrected chi connectivity index (χ2v) is 6.46. The maximum absolute atomic E-state index is 12.8. The highest BCUT2D eigenvalue weighted by molar-refractivity contribution is 6.30.